The van der Waals surface area contributed by atoms with E-state index in [1.54, 1.807) is 25.1 Å². The summed E-state index contributed by atoms with van der Waals surface area (Å²) in [6.45, 7) is 4.37. The minimum atomic E-state index is -0.550. The molecule has 0 fully saturated rings. The van der Waals surface area contributed by atoms with Crippen molar-refractivity contribution in [2.24, 2.45) is 0 Å². The normalized spacial score (nSPS) is 10.4. The van der Waals surface area contributed by atoms with Gasteiger partial charge in [0.15, 0.2) is 11.3 Å². The van der Waals surface area contributed by atoms with Gasteiger partial charge in [0.2, 0.25) is 5.88 Å². The van der Waals surface area contributed by atoms with Crippen LogP contribution in [0.3, 0.4) is 0 Å². The van der Waals surface area contributed by atoms with Crippen molar-refractivity contribution in [3.8, 4) is 5.88 Å². The second kappa shape index (κ2) is 5.51. The summed E-state index contributed by atoms with van der Waals surface area (Å²) in [5.41, 5.74) is 6.55. The van der Waals surface area contributed by atoms with Gasteiger partial charge in [0.25, 0.3) is 0 Å². The Balaban J connectivity index is 2.48. The van der Waals surface area contributed by atoms with Crippen LogP contribution in [0.1, 0.15) is 24.3 Å². The van der Waals surface area contributed by atoms with Crippen molar-refractivity contribution in [1.29, 1.82) is 0 Å². The lowest BCUT2D eigenvalue weighted by atomic mass is 10.2. The number of carbonyl (C=O) groups excluding carboxylic acids is 1. The average molecular weight is 261 g/mol. The highest BCUT2D eigenvalue weighted by molar-refractivity contribution is 5.96. The Hall–Kier alpha value is -2.37. The molecule has 0 spiro atoms. The monoisotopic (exact) mass is 261 g/mol. The summed E-state index contributed by atoms with van der Waals surface area (Å²) in [7, 11) is 0. The van der Waals surface area contributed by atoms with E-state index >= 15 is 0 Å². The number of nitrogens with two attached hydrogens (primary N) is 1. The fraction of sp³-hybridized carbons (Fsp3) is 0.308. The van der Waals surface area contributed by atoms with E-state index in [0.717, 1.165) is 5.39 Å². The topological polar surface area (TPSA) is 87.3 Å². The molecule has 0 unspecified atom stereocenters. The zero-order valence-corrected chi connectivity index (χ0v) is 10.8. The molecule has 2 heterocycles. The van der Waals surface area contributed by atoms with E-state index in [1.807, 2.05) is 6.92 Å². The van der Waals surface area contributed by atoms with Gasteiger partial charge >= 0.3 is 5.97 Å². The third-order valence-corrected chi connectivity index (χ3v) is 2.44. The van der Waals surface area contributed by atoms with Gasteiger partial charge in [-0.25, -0.2) is 9.78 Å². The molecule has 0 aliphatic heterocycles. The highest BCUT2D eigenvalue weighted by Gasteiger charge is 2.14. The molecule has 0 amide bonds. The number of anilines is 1. The van der Waals surface area contributed by atoms with Crippen molar-refractivity contribution < 1.29 is 14.3 Å². The third-order valence-electron chi connectivity index (χ3n) is 2.44. The molecular weight excluding hydrogens is 246 g/mol. The third kappa shape index (κ3) is 2.73. The van der Waals surface area contributed by atoms with E-state index in [0.29, 0.717) is 18.1 Å². The standard InChI is InChI=1S/C13H15N3O3/c1-3-18-10-6-5-8-7-9(14)11(13(17)19-4-2)16-12(8)15-10/h5-7H,3-4,14H2,1-2H3. The number of aromatic nitrogens is 2. The van der Waals surface area contributed by atoms with Gasteiger partial charge in [0.1, 0.15) is 0 Å². The van der Waals surface area contributed by atoms with Crippen LogP contribution in [0.4, 0.5) is 5.69 Å². The average Bonchev–Trinajstić information content (AvgIpc) is 2.39. The number of rotatable bonds is 4. The highest BCUT2D eigenvalue weighted by Crippen LogP contribution is 2.20. The van der Waals surface area contributed by atoms with Gasteiger partial charge in [-0.1, -0.05) is 0 Å². The number of carbonyl (C=O) groups is 1. The Bertz CT molecular complexity index is 613. The fourth-order valence-electron chi connectivity index (χ4n) is 1.64. The van der Waals surface area contributed by atoms with Crippen LogP contribution in [-0.2, 0) is 4.74 Å². The lowest BCUT2D eigenvalue weighted by molar-refractivity contribution is 0.0521. The Morgan fingerprint density at radius 3 is 2.74 bits per heavy atom. The van der Waals surface area contributed by atoms with E-state index in [1.165, 1.54) is 0 Å². The van der Waals surface area contributed by atoms with Crippen molar-refractivity contribution in [2.45, 2.75) is 13.8 Å². The summed E-state index contributed by atoms with van der Waals surface area (Å²) < 4.78 is 10.2. The molecule has 0 radical (unpaired) electrons. The molecule has 0 bridgehead atoms. The minimum Gasteiger partial charge on any atom is -0.478 e. The van der Waals surface area contributed by atoms with Crippen LogP contribution in [0.15, 0.2) is 18.2 Å². The van der Waals surface area contributed by atoms with Crippen molar-refractivity contribution in [3.63, 3.8) is 0 Å². The van der Waals surface area contributed by atoms with E-state index in [-0.39, 0.29) is 18.0 Å². The van der Waals surface area contributed by atoms with Gasteiger partial charge in [-0.2, -0.15) is 4.98 Å². The molecule has 19 heavy (non-hydrogen) atoms. The zero-order valence-electron chi connectivity index (χ0n) is 10.8. The molecule has 2 N–H and O–H groups in total. The van der Waals surface area contributed by atoms with Crippen LogP contribution in [0.5, 0.6) is 5.88 Å². The molecule has 6 heteroatoms. The number of fused-ring (bicyclic) bond motifs is 1. The minimum absolute atomic E-state index is 0.0792. The number of pyridine rings is 2. The Morgan fingerprint density at radius 1 is 1.26 bits per heavy atom. The molecule has 0 saturated heterocycles. The molecule has 2 aromatic rings. The van der Waals surface area contributed by atoms with Crippen LogP contribution < -0.4 is 10.5 Å². The summed E-state index contributed by atoms with van der Waals surface area (Å²) >= 11 is 0. The maximum absolute atomic E-state index is 11.7. The van der Waals surface area contributed by atoms with Gasteiger partial charge in [0.05, 0.1) is 18.9 Å². The first kappa shape index (κ1) is 13.1. The van der Waals surface area contributed by atoms with Crippen molar-refractivity contribution in [3.05, 3.63) is 23.9 Å². The number of esters is 1. The van der Waals surface area contributed by atoms with Gasteiger partial charge in [0, 0.05) is 11.5 Å². The van der Waals surface area contributed by atoms with Crippen LogP contribution in [0.2, 0.25) is 0 Å². The van der Waals surface area contributed by atoms with Gasteiger partial charge < -0.3 is 15.2 Å². The first-order valence-corrected chi connectivity index (χ1v) is 6.03. The summed E-state index contributed by atoms with van der Waals surface area (Å²) in [6, 6.07) is 5.18. The lowest BCUT2D eigenvalue weighted by Gasteiger charge is -2.07. The quantitative estimate of drug-likeness (QED) is 0.844. The van der Waals surface area contributed by atoms with Gasteiger partial charge in [-0.3, -0.25) is 0 Å². The number of hydrogen-bond acceptors (Lipinski definition) is 6. The molecule has 0 aliphatic carbocycles. The van der Waals surface area contributed by atoms with Crippen molar-refractivity contribution in [1.82, 2.24) is 9.97 Å². The van der Waals surface area contributed by atoms with Crippen LogP contribution in [-0.4, -0.2) is 29.2 Å². The SMILES string of the molecule is CCOC(=O)c1nc2nc(OCC)ccc2cc1N. The van der Waals surface area contributed by atoms with Crippen LogP contribution in [0.25, 0.3) is 11.0 Å². The number of ether oxygens (including phenoxy) is 2. The van der Waals surface area contributed by atoms with Crippen LogP contribution in [0, 0.1) is 0 Å². The first-order valence-electron chi connectivity index (χ1n) is 6.03. The zero-order chi connectivity index (χ0) is 13.8. The second-order valence-electron chi connectivity index (χ2n) is 3.78. The summed E-state index contributed by atoms with van der Waals surface area (Å²) in [5, 5.41) is 0.744. The first-order chi connectivity index (χ1) is 9.15. The number of nitrogen functional groups attached to an aromatic ring is 1. The molecule has 0 aliphatic rings. The molecule has 2 rings (SSSR count). The van der Waals surface area contributed by atoms with Gasteiger partial charge in [-0.15, -0.1) is 0 Å². The molecular formula is C13H15N3O3. The lowest BCUT2D eigenvalue weighted by Crippen LogP contribution is -2.11. The molecule has 2 aromatic heterocycles. The number of nitrogens with zero attached hydrogens (tertiary/aromatic N) is 2. The molecule has 6 nitrogen and oxygen atoms in total. The highest BCUT2D eigenvalue weighted by atomic mass is 16.5. The van der Waals surface area contributed by atoms with E-state index in [9.17, 15) is 4.79 Å². The summed E-state index contributed by atoms with van der Waals surface area (Å²) in [5.74, 6) is -0.0902. The molecule has 0 atom stereocenters. The Labute approximate surface area is 110 Å². The Morgan fingerprint density at radius 2 is 2.05 bits per heavy atom. The molecule has 0 saturated carbocycles. The van der Waals surface area contributed by atoms with E-state index < -0.39 is 5.97 Å². The summed E-state index contributed by atoms with van der Waals surface area (Å²) in [6.07, 6.45) is 0. The van der Waals surface area contributed by atoms with E-state index in [2.05, 4.69) is 9.97 Å². The maximum atomic E-state index is 11.7. The predicted molar refractivity (Wildman–Crippen MR) is 71.1 cm³/mol. The smallest absolute Gasteiger partial charge is 0.359 e. The van der Waals surface area contributed by atoms with Crippen molar-refractivity contribution >= 4 is 22.7 Å². The molecule has 0 aromatic carbocycles. The van der Waals surface area contributed by atoms with Crippen molar-refractivity contribution in [2.75, 3.05) is 18.9 Å². The predicted octanol–water partition coefficient (Wildman–Crippen LogP) is 1.79. The largest absolute Gasteiger partial charge is 0.478 e. The molecule has 100 valence electrons. The summed E-state index contributed by atoms with van der Waals surface area (Å²) in [4.78, 5) is 20.1. The van der Waals surface area contributed by atoms with E-state index in [4.69, 9.17) is 15.2 Å². The maximum Gasteiger partial charge on any atom is 0.359 e. The number of hydrogen-bond donors (Lipinski definition) is 1. The van der Waals surface area contributed by atoms with Gasteiger partial charge in [-0.05, 0) is 26.0 Å². The Kier molecular flexibility index (Phi) is 3.79. The fourth-order valence-corrected chi connectivity index (χ4v) is 1.64. The second-order valence-corrected chi connectivity index (χ2v) is 3.78. The van der Waals surface area contributed by atoms with Crippen LogP contribution >= 0.6 is 0 Å².